The second-order valence-electron chi connectivity index (χ2n) is 1.80. The van der Waals surface area contributed by atoms with Gasteiger partial charge in [-0.2, -0.15) is 0 Å². The number of nitro groups is 1. The summed E-state index contributed by atoms with van der Waals surface area (Å²) < 4.78 is 0. The van der Waals surface area contributed by atoms with Crippen molar-refractivity contribution in [3.05, 3.63) is 27.4 Å². The molecule has 0 radical (unpaired) electrons. The van der Waals surface area contributed by atoms with Crippen LogP contribution in [-0.4, -0.2) is 9.91 Å². The number of hydrogen-bond acceptors (Lipinski definition) is 4. The second kappa shape index (κ2) is 2.71. The highest BCUT2D eigenvalue weighted by molar-refractivity contribution is 6.29. The van der Waals surface area contributed by atoms with Crippen molar-refractivity contribution in [2.24, 2.45) is 0 Å². The monoisotopic (exact) mass is 173 g/mol. The van der Waals surface area contributed by atoms with Crippen molar-refractivity contribution in [2.75, 3.05) is 5.73 Å². The topological polar surface area (TPSA) is 82.0 Å². The molecule has 0 unspecified atom stereocenters. The normalized spacial score (nSPS) is 9.55. The first-order valence-electron chi connectivity index (χ1n) is 2.67. The fourth-order valence-electron chi connectivity index (χ4n) is 0.582. The van der Waals surface area contributed by atoms with Gasteiger partial charge >= 0.3 is 5.82 Å². The van der Waals surface area contributed by atoms with Crippen LogP contribution in [0.4, 0.5) is 11.5 Å². The molecule has 0 saturated carbocycles. The van der Waals surface area contributed by atoms with Crippen molar-refractivity contribution in [1.29, 1.82) is 0 Å². The Morgan fingerprint density at radius 2 is 2.27 bits per heavy atom. The molecule has 11 heavy (non-hydrogen) atoms. The molecular formula is C5H4ClN3O2. The third kappa shape index (κ3) is 1.56. The zero-order chi connectivity index (χ0) is 8.43. The van der Waals surface area contributed by atoms with Crippen molar-refractivity contribution >= 4 is 23.1 Å². The van der Waals surface area contributed by atoms with E-state index in [1.54, 1.807) is 0 Å². The minimum absolute atomic E-state index is 0.0133. The lowest BCUT2D eigenvalue weighted by molar-refractivity contribution is -0.388. The van der Waals surface area contributed by atoms with Crippen molar-refractivity contribution < 1.29 is 4.92 Å². The van der Waals surface area contributed by atoms with E-state index in [2.05, 4.69) is 4.98 Å². The van der Waals surface area contributed by atoms with Crippen molar-refractivity contribution in [3.63, 3.8) is 0 Å². The van der Waals surface area contributed by atoms with Gasteiger partial charge in [0, 0.05) is 6.07 Å². The molecule has 0 aromatic carbocycles. The SMILES string of the molecule is Nc1ccc(Cl)nc1[N+](=O)[O-]. The summed E-state index contributed by atoms with van der Waals surface area (Å²) in [5.41, 5.74) is 5.24. The Morgan fingerprint density at radius 1 is 1.64 bits per heavy atom. The van der Waals surface area contributed by atoms with Crippen LogP contribution in [0.2, 0.25) is 5.15 Å². The minimum Gasteiger partial charge on any atom is -0.392 e. The summed E-state index contributed by atoms with van der Waals surface area (Å²) in [5, 5.41) is 10.2. The Labute approximate surface area is 66.9 Å². The Hall–Kier alpha value is -1.36. The van der Waals surface area contributed by atoms with Crippen molar-refractivity contribution in [2.45, 2.75) is 0 Å². The van der Waals surface area contributed by atoms with Gasteiger partial charge < -0.3 is 15.8 Å². The number of nitrogens with two attached hydrogens (primary N) is 1. The summed E-state index contributed by atoms with van der Waals surface area (Å²) in [6, 6.07) is 2.73. The fraction of sp³-hybridized carbons (Fsp3) is 0. The molecule has 1 heterocycles. The molecule has 0 spiro atoms. The number of anilines is 1. The van der Waals surface area contributed by atoms with E-state index in [1.807, 2.05) is 0 Å². The van der Waals surface area contributed by atoms with E-state index in [-0.39, 0.29) is 10.8 Å². The summed E-state index contributed by atoms with van der Waals surface area (Å²) in [5.74, 6) is -0.405. The van der Waals surface area contributed by atoms with Gasteiger partial charge in [0.15, 0.2) is 0 Å². The van der Waals surface area contributed by atoms with E-state index >= 15 is 0 Å². The second-order valence-corrected chi connectivity index (χ2v) is 2.19. The lowest BCUT2D eigenvalue weighted by Gasteiger charge is -1.94. The van der Waals surface area contributed by atoms with Gasteiger partial charge in [-0.25, -0.2) is 0 Å². The van der Waals surface area contributed by atoms with Gasteiger partial charge in [0.25, 0.3) is 0 Å². The van der Waals surface area contributed by atoms with E-state index in [0.717, 1.165) is 0 Å². The molecule has 2 N–H and O–H groups in total. The van der Waals surface area contributed by atoms with E-state index < -0.39 is 10.7 Å². The first-order valence-corrected chi connectivity index (χ1v) is 3.05. The third-order valence-corrected chi connectivity index (χ3v) is 1.25. The van der Waals surface area contributed by atoms with Crippen LogP contribution < -0.4 is 5.73 Å². The van der Waals surface area contributed by atoms with Crippen LogP contribution in [0.1, 0.15) is 0 Å². The molecule has 1 aromatic heterocycles. The predicted molar refractivity (Wildman–Crippen MR) is 40.3 cm³/mol. The van der Waals surface area contributed by atoms with E-state index in [0.29, 0.717) is 0 Å². The molecule has 0 bridgehead atoms. The molecule has 0 aliphatic heterocycles. The molecule has 0 aliphatic rings. The first-order chi connectivity index (χ1) is 5.11. The Balaban J connectivity index is 3.23. The number of nitrogens with zero attached hydrogens (tertiary/aromatic N) is 2. The lowest BCUT2D eigenvalue weighted by Crippen LogP contribution is -1.97. The van der Waals surface area contributed by atoms with Crippen LogP contribution in [0.25, 0.3) is 0 Å². The molecule has 0 aliphatic carbocycles. The maximum absolute atomic E-state index is 10.2. The summed E-state index contributed by atoms with van der Waals surface area (Å²) in [6.45, 7) is 0. The van der Waals surface area contributed by atoms with Crippen LogP contribution in [0, 0.1) is 10.1 Å². The highest BCUT2D eigenvalue weighted by Gasteiger charge is 2.13. The maximum Gasteiger partial charge on any atom is 0.388 e. The Kier molecular flexibility index (Phi) is 1.91. The molecule has 5 nitrogen and oxygen atoms in total. The standard InChI is InChI=1S/C5H4ClN3O2/c6-4-2-1-3(7)5(8-4)9(10)11/h1-2H,7H2. The van der Waals surface area contributed by atoms with E-state index in [4.69, 9.17) is 17.3 Å². The number of aromatic nitrogens is 1. The smallest absolute Gasteiger partial charge is 0.388 e. The molecule has 1 aromatic rings. The van der Waals surface area contributed by atoms with Gasteiger partial charge in [-0.3, -0.25) is 0 Å². The average molecular weight is 174 g/mol. The number of rotatable bonds is 1. The molecule has 58 valence electrons. The number of nitrogen functional groups attached to an aromatic ring is 1. The summed E-state index contributed by atoms with van der Waals surface area (Å²) >= 11 is 5.39. The van der Waals surface area contributed by atoms with Gasteiger partial charge in [-0.1, -0.05) is 0 Å². The highest BCUT2D eigenvalue weighted by atomic mass is 35.5. The molecule has 0 amide bonds. The van der Waals surface area contributed by atoms with Gasteiger partial charge in [0.2, 0.25) is 5.15 Å². The highest BCUT2D eigenvalue weighted by Crippen LogP contribution is 2.19. The predicted octanol–water partition coefficient (Wildman–Crippen LogP) is 1.23. The summed E-state index contributed by atoms with van der Waals surface area (Å²) in [7, 11) is 0. The molecule has 6 heteroatoms. The zero-order valence-corrected chi connectivity index (χ0v) is 6.08. The van der Waals surface area contributed by atoms with Crippen molar-refractivity contribution in [1.82, 2.24) is 4.98 Å². The first kappa shape index (κ1) is 7.74. The zero-order valence-electron chi connectivity index (χ0n) is 5.32. The van der Waals surface area contributed by atoms with Gasteiger partial charge in [0.1, 0.15) is 5.69 Å². The Bertz CT molecular complexity index is 302. The number of pyridine rings is 1. The van der Waals surface area contributed by atoms with Gasteiger partial charge in [0.05, 0.1) is 0 Å². The maximum atomic E-state index is 10.2. The fourth-order valence-corrected chi connectivity index (χ4v) is 0.725. The van der Waals surface area contributed by atoms with Crippen molar-refractivity contribution in [3.8, 4) is 0 Å². The quantitative estimate of drug-likeness (QED) is 0.393. The lowest BCUT2D eigenvalue weighted by atomic mass is 10.4. The van der Waals surface area contributed by atoms with Gasteiger partial charge in [-0.15, -0.1) is 0 Å². The Morgan fingerprint density at radius 3 is 2.73 bits per heavy atom. The summed E-state index contributed by atoms with van der Waals surface area (Å²) in [4.78, 5) is 12.9. The molecule has 0 fully saturated rings. The van der Waals surface area contributed by atoms with Gasteiger partial charge in [-0.05, 0) is 27.6 Å². The van der Waals surface area contributed by atoms with Crippen LogP contribution in [-0.2, 0) is 0 Å². The number of hydrogen-bond donors (Lipinski definition) is 1. The molecular weight excluding hydrogens is 170 g/mol. The molecule has 0 atom stereocenters. The van der Waals surface area contributed by atoms with Crippen LogP contribution in [0.5, 0.6) is 0 Å². The molecule has 0 saturated heterocycles. The summed E-state index contributed by atoms with van der Waals surface area (Å²) in [6.07, 6.45) is 0. The van der Waals surface area contributed by atoms with E-state index in [9.17, 15) is 10.1 Å². The van der Waals surface area contributed by atoms with Crippen LogP contribution >= 0.6 is 11.6 Å². The minimum atomic E-state index is -0.679. The largest absolute Gasteiger partial charge is 0.392 e. The average Bonchev–Trinajstić information content (AvgIpc) is 1.94. The van der Waals surface area contributed by atoms with Crippen LogP contribution in [0.15, 0.2) is 12.1 Å². The number of halogens is 1. The third-order valence-electron chi connectivity index (χ3n) is 1.04. The van der Waals surface area contributed by atoms with Crippen LogP contribution in [0.3, 0.4) is 0 Å². The molecule has 1 rings (SSSR count). The van der Waals surface area contributed by atoms with E-state index in [1.165, 1.54) is 12.1 Å².